The van der Waals surface area contributed by atoms with Crippen molar-refractivity contribution in [2.75, 3.05) is 51.9 Å². The van der Waals surface area contributed by atoms with Gasteiger partial charge in [0.1, 0.15) is 6.33 Å². The summed E-state index contributed by atoms with van der Waals surface area (Å²) >= 11 is 2.02. The number of nitrogens with zero attached hydrogens (tertiary/aromatic N) is 4. The Kier molecular flexibility index (Phi) is 5.22. The Balaban J connectivity index is 1.70. The third kappa shape index (κ3) is 3.37. The summed E-state index contributed by atoms with van der Waals surface area (Å²) in [5.41, 5.74) is 0.308. The summed E-state index contributed by atoms with van der Waals surface area (Å²) < 4.78 is 10.4. The minimum atomic E-state index is -0.125. The van der Waals surface area contributed by atoms with Gasteiger partial charge in [0.15, 0.2) is 5.56 Å². The molecular weight excluding hydrogens is 316 g/mol. The molecule has 23 heavy (non-hydrogen) atoms. The highest BCUT2D eigenvalue weighted by molar-refractivity contribution is 7.99. The van der Waals surface area contributed by atoms with E-state index in [0.717, 1.165) is 13.1 Å². The number of carbonyl (C=O) groups excluding carboxylic acids is 1. The molecule has 2 aliphatic rings. The number of ether oxygens (including phenoxy) is 2. The quantitative estimate of drug-likeness (QED) is 0.803. The number of thioether (sulfide) groups is 1. The molecule has 1 aromatic heterocycles. The third-order valence-electron chi connectivity index (χ3n) is 4.40. The van der Waals surface area contributed by atoms with E-state index in [9.17, 15) is 4.79 Å². The highest BCUT2D eigenvalue weighted by atomic mass is 32.2. The summed E-state index contributed by atoms with van der Waals surface area (Å²) in [6.07, 6.45) is 2.59. The minimum Gasteiger partial charge on any atom is -0.480 e. The fourth-order valence-corrected chi connectivity index (χ4v) is 4.36. The second-order valence-corrected chi connectivity index (χ2v) is 6.76. The van der Waals surface area contributed by atoms with Gasteiger partial charge in [-0.05, 0) is 12.2 Å². The highest BCUT2D eigenvalue weighted by Crippen LogP contribution is 2.27. The number of rotatable bonds is 4. The van der Waals surface area contributed by atoms with E-state index in [4.69, 9.17) is 9.47 Å². The number of carbonyl (C=O) groups is 1. The largest absolute Gasteiger partial charge is 0.480 e. The van der Waals surface area contributed by atoms with E-state index in [2.05, 4.69) is 14.9 Å². The molecule has 0 saturated carbocycles. The van der Waals surface area contributed by atoms with Gasteiger partial charge in [0.2, 0.25) is 11.8 Å². The molecule has 1 unspecified atom stereocenters. The van der Waals surface area contributed by atoms with Gasteiger partial charge >= 0.3 is 0 Å². The SMILES string of the molecule is COc1ncnc(OC)c1C(=O)N1CCN(C2CCSC2)CC1. The van der Waals surface area contributed by atoms with E-state index < -0.39 is 0 Å². The fraction of sp³-hybridized carbons (Fsp3) is 0.667. The fourth-order valence-electron chi connectivity index (χ4n) is 3.11. The number of piperazine rings is 1. The Labute approximate surface area is 140 Å². The molecule has 0 aliphatic carbocycles. The average molecular weight is 338 g/mol. The molecule has 1 atom stereocenters. The van der Waals surface area contributed by atoms with Crippen LogP contribution in [0.1, 0.15) is 16.8 Å². The molecule has 0 aromatic carbocycles. The molecule has 0 spiro atoms. The molecule has 1 amide bonds. The zero-order valence-corrected chi connectivity index (χ0v) is 14.3. The Hall–Kier alpha value is -1.54. The second-order valence-electron chi connectivity index (χ2n) is 5.61. The molecule has 3 rings (SSSR count). The van der Waals surface area contributed by atoms with Gasteiger partial charge in [0.25, 0.3) is 5.91 Å². The normalized spacial score (nSPS) is 22.2. The average Bonchev–Trinajstić information content (AvgIpc) is 3.15. The maximum Gasteiger partial charge on any atom is 0.265 e. The van der Waals surface area contributed by atoms with Crippen LogP contribution < -0.4 is 9.47 Å². The van der Waals surface area contributed by atoms with Crippen molar-refractivity contribution in [3.63, 3.8) is 0 Å². The van der Waals surface area contributed by atoms with E-state index >= 15 is 0 Å². The van der Waals surface area contributed by atoms with Crippen molar-refractivity contribution < 1.29 is 14.3 Å². The number of hydrogen-bond acceptors (Lipinski definition) is 7. The van der Waals surface area contributed by atoms with Crippen molar-refractivity contribution in [2.24, 2.45) is 0 Å². The summed E-state index contributed by atoms with van der Waals surface area (Å²) in [4.78, 5) is 25.2. The first-order valence-electron chi connectivity index (χ1n) is 7.78. The lowest BCUT2D eigenvalue weighted by Gasteiger charge is -2.37. The molecule has 2 aliphatic heterocycles. The van der Waals surface area contributed by atoms with E-state index in [0.29, 0.717) is 24.7 Å². The maximum atomic E-state index is 12.9. The van der Waals surface area contributed by atoms with Gasteiger partial charge in [-0.3, -0.25) is 9.69 Å². The minimum absolute atomic E-state index is 0.125. The van der Waals surface area contributed by atoms with Crippen molar-refractivity contribution in [1.82, 2.24) is 19.8 Å². The molecule has 7 nitrogen and oxygen atoms in total. The molecule has 2 fully saturated rings. The Morgan fingerprint density at radius 1 is 1.17 bits per heavy atom. The van der Waals surface area contributed by atoms with Gasteiger partial charge in [-0.25, -0.2) is 9.97 Å². The van der Waals surface area contributed by atoms with Gasteiger partial charge in [-0.15, -0.1) is 0 Å². The number of hydrogen-bond donors (Lipinski definition) is 0. The first-order valence-corrected chi connectivity index (χ1v) is 8.94. The Morgan fingerprint density at radius 3 is 2.35 bits per heavy atom. The van der Waals surface area contributed by atoms with Gasteiger partial charge in [0.05, 0.1) is 14.2 Å². The molecule has 3 heterocycles. The molecule has 0 radical (unpaired) electrons. The standard InChI is InChI=1S/C15H22N4O3S/c1-21-13-12(14(22-2)17-10-16-13)15(20)19-6-4-18(5-7-19)11-3-8-23-9-11/h10-11H,3-9H2,1-2H3. The van der Waals surface area contributed by atoms with Crippen molar-refractivity contribution in [1.29, 1.82) is 0 Å². The van der Waals surface area contributed by atoms with Crippen LogP contribution in [0.4, 0.5) is 0 Å². The molecule has 1 aromatic rings. The van der Waals surface area contributed by atoms with E-state index in [1.807, 2.05) is 16.7 Å². The lowest BCUT2D eigenvalue weighted by atomic mass is 10.1. The molecule has 0 bridgehead atoms. The smallest absolute Gasteiger partial charge is 0.265 e. The van der Waals surface area contributed by atoms with Crippen LogP contribution in [0.15, 0.2) is 6.33 Å². The summed E-state index contributed by atoms with van der Waals surface area (Å²) in [5, 5.41) is 0. The number of aromatic nitrogens is 2. The van der Waals surface area contributed by atoms with Crippen molar-refractivity contribution >= 4 is 17.7 Å². The molecule has 8 heteroatoms. The first-order chi connectivity index (χ1) is 11.2. The van der Waals surface area contributed by atoms with Crippen LogP contribution in [-0.4, -0.2) is 83.6 Å². The summed E-state index contributed by atoms with van der Waals surface area (Å²) in [6, 6.07) is 0.668. The topological polar surface area (TPSA) is 67.8 Å². The lowest BCUT2D eigenvalue weighted by Crippen LogP contribution is -2.52. The summed E-state index contributed by atoms with van der Waals surface area (Å²) in [7, 11) is 2.99. The highest BCUT2D eigenvalue weighted by Gasteiger charge is 2.31. The maximum absolute atomic E-state index is 12.9. The van der Waals surface area contributed by atoms with Crippen molar-refractivity contribution in [2.45, 2.75) is 12.5 Å². The summed E-state index contributed by atoms with van der Waals surface area (Å²) in [6.45, 7) is 3.24. The van der Waals surface area contributed by atoms with Crippen LogP contribution in [0, 0.1) is 0 Å². The van der Waals surface area contributed by atoms with Gasteiger partial charge in [-0.1, -0.05) is 0 Å². The molecular formula is C15H22N4O3S. The van der Waals surface area contributed by atoms with E-state index in [1.54, 1.807) is 0 Å². The van der Waals surface area contributed by atoms with Crippen molar-refractivity contribution in [3.05, 3.63) is 11.9 Å². The van der Waals surface area contributed by atoms with Crippen LogP contribution in [-0.2, 0) is 0 Å². The summed E-state index contributed by atoms with van der Waals surface area (Å²) in [5.74, 6) is 2.86. The predicted molar refractivity (Wildman–Crippen MR) is 88.3 cm³/mol. The molecule has 126 valence electrons. The molecule has 2 saturated heterocycles. The lowest BCUT2D eigenvalue weighted by molar-refractivity contribution is 0.0580. The van der Waals surface area contributed by atoms with Crippen LogP contribution in [0.3, 0.4) is 0 Å². The second kappa shape index (κ2) is 7.35. The van der Waals surface area contributed by atoms with E-state index in [1.165, 1.54) is 38.5 Å². The number of amides is 1. The van der Waals surface area contributed by atoms with Crippen molar-refractivity contribution in [3.8, 4) is 11.8 Å². The monoisotopic (exact) mass is 338 g/mol. The third-order valence-corrected chi connectivity index (χ3v) is 5.55. The van der Waals surface area contributed by atoms with Crippen LogP contribution in [0.5, 0.6) is 11.8 Å². The first kappa shape index (κ1) is 16.3. The zero-order valence-electron chi connectivity index (χ0n) is 13.5. The van der Waals surface area contributed by atoms with Crippen LogP contribution in [0.25, 0.3) is 0 Å². The van der Waals surface area contributed by atoms with Crippen LogP contribution >= 0.6 is 11.8 Å². The number of methoxy groups -OCH3 is 2. The van der Waals surface area contributed by atoms with Gasteiger partial charge in [0, 0.05) is 38.0 Å². The van der Waals surface area contributed by atoms with Gasteiger partial charge < -0.3 is 14.4 Å². The van der Waals surface area contributed by atoms with Gasteiger partial charge in [-0.2, -0.15) is 11.8 Å². The Morgan fingerprint density at radius 2 is 1.83 bits per heavy atom. The zero-order chi connectivity index (χ0) is 16.2. The van der Waals surface area contributed by atoms with E-state index in [-0.39, 0.29) is 17.7 Å². The molecule has 0 N–H and O–H groups in total. The predicted octanol–water partition coefficient (Wildman–Crippen LogP) is 0.757. The van der Waals surface area contributed by atoms with Crippen LogP contribution in [0.2, 0.25) is 0 Å². The Bertz CT molecular complexity index is 535.